The third-order valence-electron chi connectivity index (χ3n) is 3.28. The van der Waals surface area contributed by atoms with Gasteiger partial charge in [0.1, 0.15) is 11.4 Å². The number of aromatic nitrogens is 3. The summed E-state index contributed by atoms with van der Waals surface area (Å²) in [6.45, 7) is 0.203. The van der Waals surface area contributed by atoms with Crippen LogP contribution >= 0.6 is 0 Å². The second-order valence-corrected chi connectivity index (χ2v) is 4.65. The zero-order valence-corrected chi connectivity index (χ0v) is 12.1. The molecule has 0 saturated carbocycles. The summed E-state index contributed by atoms with van der Waals surface area (Å²) in [6, 6.07) is 5.80. The number of benzene rings is 1. The number of nitrogens with one attached hydrogen (secondary N) is 1. The van der Waals surface area contributed by atoms with Gasteiger partial charge in [-0.3, -0.25) is 10.1 Å². The number of nitro groups is 1. The van der Waals surface area contributed by atoms with Crippen molar-refractivity contribution in [3.8, 4) is 5.75 Å². The molecule has 0 atom stereocenters. The second-order valence-electron chi connectivity index (χ2n) is 4.65. The minimum absolute atomic E-state index is 0.0315. The molecule has 0 fully saturated rings. The normalized spacial score (nSPS) is 10.7. The van der Waals surface area contributed by atoms with Gasteiger partial charge < -0.3 is 10.1 Å². The van der Waals surface area contributed by atoms with Crippen molar-refractivity contribution < 1.29 is 14.1 Å². The predicted molar refractivity (Wildman–Crippen MR) is 79.9 cm³/mol. The van der Waals surface area contributed by atoms with Crippen LogP contribution in [0, 0.1) is 15.9 Å². The number of hydrogen-bond acceptors (Lipinski definition) is 6. The molecule has 23 heavy (non-hydrogen) atoms. The van der Waals surface area contributed by atoms with Crippen molar-refractivity contribution in [1.82, 2.24) is 14.6 Å². The van der Waals surface area contributed by atoms with Gasteiger partial charge in [0.15, 0.2) is 5.65 Å². The first-order chi connectivity index (χ1) is 11.1. The van der Waals surface area contributed by atoms with Gasteiger partial charge >= 0.3 is 5.69 Å². The number of ether oxygens (including phenoxy) is 1. The highest BCUT2D eigenvalue weighted by Crippen LogP contribution is 2.32. The van der Waals surface area contributed by atoms with Crippen LogP contribution < -0.4 is 10.1 Å². The van der Waals surface area contributed by atoms with Gasteiger partial charge in [-0.25, -0.2) is 9.50 Å². The molecule has 1 N–H and O–H groups in total. The lowest BCUT2D eigenvalue weighted by atomic mass is 10.2. The molecular formula is C14H12FN5O3. The zero-order valence-electron chi connectivity index (χ0n) is 12.1. The lowest BCUT2D eigenvalue weighted by molar-refractivity contribution is -0.386. The molecule has 0 aliphatic carbocycles. The molecule has 0 bridgehead atoms. The molecule has 0 aliphatic rings. The third kappa shape index (κ3) is 2.76. The summed E-state index contributed by atoms with van der Waals surface area (Å²) in [5, 5.41) is 18.1. The van der Waals surface area contributed by atoms with Crippen LogP contribution in [0.1, 0.15) is 5.69 Å². The summed E-state index contributed by atoms with van der Waals surface area (Å²) in [5.74, 6) is -0.773. The summed E-state index contributed by atoms with van der Waals surface area (Å²) in [7, 11) is 1.36. The van der Waals surface area contributed by atoms with Crippen LogP contribution in [0.15, 0.2) is 36.7 Å². The van der Waals surface area contributed by atoms with Crippen molar-refractivity contribution in [3.05, 3.63) is 58.3 Å². The Morgan fingerprint density at radius 1 is 1.39 bits per heavy atom. The van der Waals surface area contributed by atoms with Crippen molar-refractivity contribution >= 4 is 17.0 Å². The van der Waals surface area contributed by atoms with Gasteiger partial charge in [0, 0.05) is 24.4 Å². The van der Waals surface area contributed by atoms with Gasteiger partial charge in [0.25, 0.3) is 0 Å². The van der Waals surface area contributed by atoms with E-state index in [2.05, 4.69) is 15.4 Å². The molecule has 1 aromatic carbocycles. The quantitative estimate of drug-likeness (QED) is 0.573. The third-order valence-corrected chi connectivity index (χ3v) is 3.28. The fourth-order valence-corrected chi connectivity index (χ4v) is 2.22. The predicted octanol–water partition coefficient (Wildman–Crippen LogP) is 2.40. The van der Waals surface area contributed by atoms with Gasteiger partial charge in [0.2, 0.25) is 5.82 Å². The van der Waals surface area contributed by atoms with E-state index in [-0.39, 0.29) is 18.0 Å². The monoisotopic (exact) mass is 317 g/mol. The van der Waals surface area contributed by atoms with E-state index < -0.39 is 16.4 Å². The van der Waals surface area contributed by atoms with Gasteiger partial charge in [-0.05, 0) is 6.07 Å². The van der Waals surface area contributed by atoms with Gasteiger partial charge in [-0.2, -0.15) is 9.49 Å². The molecule has 9 heteroatoms. The first kappa shape index (κ1) is 14.7. The van der Waals surface area contributed by atoms with E-state index in [4.69, 9.17) is 4.74 Å². The van der Waals surface area contributed by atoms with Crippen molar-refractivity contribution in [2.24, 2.45) is 0 Å². The minimum atomic E-state index is -0.962. The van der Waals surface area contributed by atoms with E-state index in [0.717, 1.165) is 11.8 Å². The molecular weight excluding hydrogens is 305 g/mol. The van der Waals surface area contributed by atoms with Crippen molar-refractivity contribution in [2.75, 3.05) is 12.4 Å². The highest BCUT2D eigenvalue weighted by Gasteiger charge is 2.22. The Morgan fingerprint density at radius 3 is 2.96 bits per heavy atom. The average molecular weight is 317 g/mol. The second kappa shape index (κ2) is 5.87. The zero-order chi connectivity index (χ0) is 16.4. The molecule has 0 radical (unpaired) electrons. The number of halogens is 1. The molecule has 8 nitrogen and oxygen atoms in total. The van der Waals surface area contributed by atoms with Gasteiger partial charge in [-0.15, -0.1) is 0 Å². The topological polar surface area (TPSA) is 94.6 Å². The number of methoxy groups -OCH3 is 1. The van der Waals surface area contributed by atoms with E-state index in [1.54, 1.807) is 29.0 Å². The van der Waals surface area contributed by atoms with E-state index >= 15 is 0 Å². The van der Waals surface area contributed by atoms with Gasteiger partial charge in [-0.1, -0.05) is 0 Å². The maximum absolute atomic E-state index is 13.9. The molecule has 0 amide bonds. The van der Waals surface area contributed by atoms with E-state index in [1.165, 1.54) is 13.2 Å². The Labute approximate surface area is 129 Å². The molecule has 0 aliphatic heterocycles. The highest BCUT2D eigenvalue weighted by atomic mass is 19.1. The Balaban J connectivity index is 1.95. The highest BCUT2D eigenvalue weighted by molar-refractivity contribution is 5.65. The summed E-state index contributed by atoms with van der Waals surface area (Å²) in [5.41, 5.74) is 0.772. The largest absolute Gasteiger partial charge is 0.497 e. The first-order valence-electron chi connectivity index (χ1n) is 6.63. The fourth-order valence-electron chi connectivity index (χ4n) is 2.22. The maximum Gasteiger partial charge on any atom is 0.327 e. The summed E-state index contributed by atoms with van der Waals surface area (Å²) < 4.78 is 20.4. The number of anilines is 1. The molecule has 118 valence electrons. The average Bonchev–Trinajstić information content (AvgIpc) is 3.00. The first-order valence-corrected chi connectivity index (χ1v) is 6.63. The maximum atomic E-state index is 13.9. The Bertz CT molecular complexity index is 880. The van der Waals surface area contributed by atoms with Crippen LogP contribution in [0.4, 0.5) is 15.8 Å². The number of rotatable bonds is 5. The SMILES string of the molecule is COc1cc(F)c([N+](=O)[O-])c(NCc2ccnc3ccnn23)c1. The van der Waals surface area contributed by atoms with E-state index in [9.17, 15) is 14.5 Å². The number of hydrogen-bond donors (Lipinski definition) is 1. The number of nitrogens with zero attached hydrogens (tertiary/aromatic N) is 4. The molecule has 2 heterocycles. The van der Waals surface area contributed by atoms with Crippen LogP contribution in [0.3, 0.4) is 0 Å². The smallest absolute Gasteiger partial charge is 0.327 e. The minimum Gasteiger partial charge on any atom is -0.497 e. The summed E-state index contributed by atoms with van der Waals surface area (Å²) >= 11 is 0. The Kier molecular flexibility index (Phi) is 3.75. The van der Waals surface area contributed by atoms with E-state index in [1.807, 2.05) is 0 Å². The molecule has 0 saturated heterocycles. The molecule has 0 spiro atoms. The van der Waals surface area contributed by atoms with Gasteiger partial charge in [0.05, 0.1) is 30.5 Å². The van der Waals surface area contributed by atoms with E-state index in [0.29, 0.717) is 5.65 Å². The number of fused-ring (bicyclic) bond motifs is 1. The molecule has 0 unspecified atom stereocenters. The summed E-state index contributed by atoms with van der Waals surface area (Å²) in [6.07, 6.45) is 3.20. The lowest BCUT2D eigenvalue weighted by Crippen LogP contribution is -2.09. The van der Waals surface area contributed by atoms with Crippen molar-refractivity contribution in [2.45, 2.75) is 6.54 Å². The molecule has 2 aromatic heterocycles. The van der Waals surface area contributed by atoms with Crippen LogP contribution in [0.5, 0.6) is 5.75 Å². The summed E-state index contributed by atoms with van der Waals surface area (Å²) in [4.78, 5) is 14.4. The van der Waals surface area contributed by atoms with Crippen molar-refractivity contribution in [3.63, 3.8) is 0 Å². The van der Waals surface area contributed by atoms with Crippen LogP contribution in [0.2, 0.25) is 0 Å². The Hall–Kier alpha value is -3.23. The van der Waals surface area contributed by atoms with Crippen molar-refractivity contribution in [1.29, 1.82) is 0 Å². The Morgan fingerprint density at radius 2 is 2.22 bits per heavy atom. The number of nitro benzene ring substituents is 1. The standard InChI is InChI=1S/C14H12FN5O3/c1-23-10-6-11(15)14(20(21)22)12(7-10)17-8-9-2-4-16-13-3-5-18-19(9)13/h2-7,17H,8H2,1H3. The molecule has 3 rings (SSSR count). The van der Waals surface area contributed by atoms with Crippen LogP contribution in [-0.2, 0) is 6.54 Å². The van der Waals surface area contributed by atoms with Crippen LogP contribution in [-0.4, -0.2) is 26.6 Å². The molecule has 3 aromatic rings. The van der Waals surface area contributed by atoms with Crippen LogP contribution in [0.25, 0.3) is 5.65 Å². The lowest BCUT2D eigenvalue weighted by Gasteiger charge is -2.10. The fraction of sp³-hybridized carbons (Fsp3) is 0.143.